The van der Waals surface area contributed by atoms with Crippen LogP contribution in [0, 0.1) is 7.14 Å². The minimum Gasteiger partial charge on any atom is -0.212 e. The van der Waals surface area contributed by atoms with Crippen LogP contribution >= 0.6 is 79.2 Å². The van der Waals surface area contributed by atoms with Crippen molar-refractivity contribution in [2.45, 2.75) is 9.79 Å². The topological polar surface area (TPSA) is 34.1 Å². The van der Waals surface area contributed by atoms with Crippen LogP contribution in [0.25, 0.3) is 0 Å². The Kier molecular flexibility index (Phi) is 5.92. The lowest BCUT2D eigenvalue weighted by atomic mass is 10.4. The van der Waals surface area contributed by atoms with Gasteiger partial charge in [-0.1, -0.05) is 23.2 Å². The summed E-state index contributed by atoms with van der Waals surface area (Å²) in [5.74, 6) is 0. The van der Waals surface area contributed by atoms with Crippen LogP contribution in [0.15, 0.2) is 46.2 Å². The summed E-state index contributed by atoms with van der Waals surface area (Å²) in [6.45, 7) is 0. The third-order valence-electron chi connectivity index (χ3n) is 2.26. The fraction of sp³-hybridized carbons (Fsp3) is 0. The molecule has 0 amide bonds. The Bertz CT molecular complexity index is 764. The summed E-state index contributed by atoms with van der Waals surface area (Å²) >= 11 is 16.3. The first-order chi connectivity index (χ1) is 9.29. The van der Waals surface area contributed by atoms with E-state index < -0.39 is 8.87 Å². The van der Waals surface area contributed by atoms with Gasteiger partial charge >= 0.3 is 0 Å². The Morgan fingerprint density at radius 1 is 0.900 bits per heavy atom. The molecule has 0 bridgehead atoms. The smallest absolute Gasteiger partial charge is 0.212 e. The molecule has 2 aromatic carbocycles. The first-order valence-electron chi connectivity index (χ1n) is 5.14. The Hall–Kier alpha value is 0.780. The van der Waals surface area contributed by atoms with E-state index in [2.05, 4.69) is 45.2 Å². The molecule has 8 heteroatoms. The summed E-state index contributed by atoms with van der Waals surface area (Å²) in [5, 5.41) is 0.623. The van der Waals surface area contributed by atoms with Crippen LogP contribution in [0.3, 0.4) is 0 Å². The van der Waals surface area contributed by atoms with E-state index in [1.54, 1.807) is 30.3 Å². The molecule has 0 unspecified atom stereocenters. The van der Waals surface area contributed by atoms with E-state index in [1.807, 2.05) is 0 Å². The zero-order chi connectivity index (χ0) is 14.9. The van der Waals surface area contributed by atoms with E-state index in [4.69, 9.17) is 23.2 Å². The molecule has 0 radical (unpaired) electrons. The van der Waals surface area contributed by atoms with E-state index in [0.717, 1.165) is 7.14 Å². The van der Waals surface area contributed by atoms with Crippen LogP contribution in [-0.2, 0) is 8.87 Å². The second-order valence-corrected chi connectivity index (χ2v) is 10.8. The van der Waals surface area contributed by atoms with Gasteiger partial charge in [0.2, 0.25) is 8.87 Å². The number of hydrogen-bond acceptors (Lipinski definition) is 3. The van der Waals surface area contributed by atoms with Crippen LogP contribution in [0.4, 0.5) is 0 Å². The summed E-state index contributed by atoms with van der Waals surface area (Å²) in [7, 11) is -2.90. The lowest BCUT2D eigenvalue weighted by Gasteiger charge is -2.08. The van der Waals surface area contributed by atoms with Gasteiger partial charge in [-0.3, -0.25) is 0 Å². The predicted octanol–water partition coefficient (Wildman–Crippen LogP) is 5.68. The third kappa shape index (κ3) is 4.16. The highest BCUT2D eigenvalue weighted by molar-refractivity contribution is 14.1. The molecular weight excluding hydrogens is 565 g/mol. The first-order valence-corrected chi connectivity index (χ1v) is 10.9. The van der Waals surface area contributed by atoms with Gasteiger partial charge in [-0.15, -0.1) is 0 Å². The molecule has 2 nitrogen and oxygen atoms in total. The van der Waals surface area contributed by atoms with Crippen molar-refractivity contribution in [1.29, 1.82) is 0 Å². The average Bonchev–Trinajstić information content (AvgIpc) is 2.32. The maximum atomic E-state index is 12.4. The van der Waals surface area contributed by atoms with Gasteiger partial charge in [0, 0.05) is 22.8 Å². The second-order valence-electron chi connectivity index (χ2n) is 3.69. The van der Waals surface area contributed by atoms with Crippen molar-refractivity contribution in [3.05, 3.63) is 53.6 Å². The van der Waals surface area contributed by atoms with Crippen LogP contribution < -0.4 is 0 Å². The van der Waals surface area contributed by atoms with Crippen molar-refractivity contribution >= 4 is 88.0 Å². The van der Waals surface area contributed by atoms with Crippen molar-refractivity contribution in [3.63, 3.8) is 0 Å². The van der Waals surface area contributed by atoms with Gasteiger partial charge < -0.3 is 0 Å². The van der Waals surface area contributed by atoms with Crippen LogP contribution in [-0.4, -0.2) is 8.42 Å². The van der Waals surface area contributed by atoms with Crippen molar-refractivity contribution in [2.75, 3.05) is 0 Å². The monoisotopic (exact) mass is 570 g/mol. The molecule has 0 saturated carbocycles. The Morgan fingerprint density at radius 2 is 1.45 bits per heavy atom. The molecule has 0 aromatic heterocycles. The second kappa shape index (κ2) is 6.91. The van der Waals surface area contributed by atoms with Gasteiger partial charge in [0.25, 0.3) is 0 Å². The highest BCUT2D eigenvalue weighted by atomic mass is 127. The van der Waals surface area contributed by atoms with Crippen molar-refractivity contribution in [2.24, 2.45) is 0 Å². The molecule has 20 heavy (non-hydrogen) atoms. The largest absolute Gasteiger partial charge is 0.236 e. The highest BCUT2D eigenvalue weighted by Gasteiger charge is 2.21. The SMILES string of the molecule is O=S(=O)(Sc1ccc(I)cc1Cl)c1ccc(I)cc1Cl. The minimum absolute atomic E-state index is 0.0965. The minimum atomic E-state index is -3.60. The lowest BCUT2D eigenvalue weighted by Crippen LogP contribution is -1.97. The molecule has 0 aliphatic heterocycles. The molecular formula is C12H6Cl2I2O2S2. The van der Waals surface area contributed by atoms with Crippen molar-refractivity contribution in [3.8, 4) is 0 Å². The molecule has 0 spiro atoms. The maximum absolute atomic E-state index is 12.4. The van der Waals surface area contributed by atoms with Crippen LogP contribution in [0.1, 0.15) is 0 Å². The number of halogens is 4. The molecule has 0 heterocycles. The molecule has 0 N–H and O–H groups in total. The normalized spacial score (nSPS) is 11.6. The van der Waals surface area contributed by atoms with E-state index in [1.165, 1.54) is 6.07 Å². The third-order valence-corrected chi connectivity index (χ3v) is 7.83. The van der Waals surface area contributed by atoms with E-state index in [-0.39, 0.29) is 9.92 Å². The molecule has 0 fully saturated rings. The van der Waals surface area contributed by atoms with Crippen LogP contribution in [0.2, 0.25) is 10.0 Å². The fourth-order valence-corrected chi connectivity index (χ4v) is 6.76. The van der Waals surface area contributed by atoms with Gasteiger partial charge in [0.1, 0.15) is 0 Å². The summed E-state index contributed by atoms with van der Waals surface area (Å²) < 4.78 is 26.6. The molecule has 2 aromatic rings. The Balaban J connectivity index is 2.41. The van der Waals surface area contributed by atoms with Gasteiger partial charge in [-0.05, 0) is 81.6 Å². The number of hydrogen-bond donors (Lipinski definition) is 0. The van der Waals surface area contributed by atoms with Crippen LogP contribution in [0.5, 0.6) is 0 Å². The van der Waals surface area contributed by atoms with Gasteiger partial charge in [-0.2, -0.15) is 0 Å². The summed E-state index contributed by atoms with van der Waals surface area (Å²) in [6, 6.07) is 10.0. The Morgan fingerprint density at radius 3 is 2.00 bits per heavy atom. The zero-order valence-corrected chi connectivity index (χ0v) is 17.1. The first kappa shape index (κ1) is 17.1. The van der Waals surface area contributed by atoms with E-state index >= 15 is 0 Å². The standard InChI is InChI=1S/C12H6Cl2I2O2S2/c13-9-5-7(15)1-3-11(9)19-20(17,18)12-4-2-8(16)6-10(12)14/h1-6H. The Labute approximate surface area is 158 Å². The zero-order valence-electron chi connectivity index (χ0n) is 9.61. The van der Waals surface area contributed by atoms with Gasteiger partial charge in [0.05, 0.1) is 14.9 Å². The molecule has 0 saturated heterocycles. The molecule has 106 valence electrons. The fourth-order valence-electron chi connectivity index (χ4n) is 1.38. The summed E-state index contributed by atoms with van der Waals surface area (Å²) in [5.41, 5.74) is 0. The molecule has 0 atom stereocenters. The summed E-state index contributed by atoms with van der Waals surface area (Å²) in [6.07, 6.45) is 0. The molecule has 2 rings (SSSR count). The van der Waals surface area contributed by atoms with E-state index in [9.17, 15) is 8.42 Å². The average molecular weight is 571 g/mol. The van der Waals surface area contributed by atoms with E-state index in [0.29, 0.717) is 20.7 Å². The summed E-state index contributed by atoms with van der Waals surface area (Å²) in [4.78, 5) is 0.584. The molecule has 0 aliphatic rings. The number of benzene rings is 2. The van der Waals surface area contributed by atoms with Crippen molar-refractivity contribution in [1.82, 2.24) is 0 Å². The van der Waals surface area contributed by atoms with Crippen molar-refractivity contribution < 1.29 is 8.42 Å². The quantitative estimate of drug-likeness (QED) is 0.352. The maximum Gasteiger partial charge on any atom is 0.236 e. The van der Waals surface area contributed by atoms with Gasteiger partial charge in [0.15, 0.2) is 0 Å². The molecule has 0 aliphatic carbocycles. The lowest BCUT2D eigenvalue weighted by molar-refractivity contribution is 0.610. The highest BCUT2D eigenvalue weighted by Crippen LogP contribution is 2.38. The number of rotatable bonds is 3. The van der Waals surface area contributed by atoms with Gasteiger partial charge in [-0.25, -0.2) is 8.42 Å². The predicted molar refractivity (Wildman–Crippen MR) is 101 cm³/mol.